The highest BCUT2D eigenvalue weighted by atomic mass is 14.9. The van der Waals surface area contributed by atoms with Gasteiger partial charge in [-0.2, -0.15) is 0 Å². The van der Waals surface area contributed by atoms with Crippen molar-refractivity contribution in [2.45, 2.75) is 12.8 Å². The molecule has 2 heteroatoms. The summed E-state index contributed by atoms with van der Waals surface area (Å²) in [6.45, 7) is 2.05. The second-order valence-electron chi connectivity index (χ2n) is 3.86. The summed E-state index contributed by atoms with van der Waals surface area (Å²) in [5.74, 6) is 0. The zero-order valence-electron chi connectivity index (χ0n) is 9.22. The fraction of sp³-hybridized carbons (Fsp3) is 0.385. The van der Waals surface area contributed by atoms with Crippen LogP contribution in [0.5, 0.6) is 0 Å². The molecule has 2 rings (SSSR count). The van der Waals surface area contributed by atoms with Gasteiger partial charge in [-0.05, 0) is 38.1 Å². The number of allylic oxidation sites excluding steroid dienone is 1. The highest BCUT2D eigenvalue weighted by molar-refractivity contribution is 5.79. The van der Waals surface area contributed by atoms with Gasteiger partial charge in [-0.3, -0.25) is 0 Å². The molecular formula is C13H18N2. The van der Waals surface area contributed by atoms with E-state index in [0.29, 0.717) is 0 Å². The minimum Gasteiger partial charge on any atom is -0.381 e. The molecule has 0 spiro atoms. The lowest BCUT2D eigenvalue weighted by molar-refractivity contribution is 0.740. The second kappa shape index (κ2) is 4.99. The molecule has 0 radical (unpaired) electrons. The third-order valence-electron chi connectivity index (χ3n) is 2.79. The number of hydrogen-bond donors (Lipinski definition) is 2. The van der Waals surface area contributed by atoms with Gasteiger partial charge in [0.05, 0.1) is 0 Å². The molecular weight excluding hydrogens is 184 g/mol. The van der Waals surface area contributed by atoms with Crippen LogP contribution >= 0.6 is 0 Å². The summed E-state index contributed by atoms with van der Waals surface area (Å²) in [5, 5.41) is 6.58. The maximum absolute atomic E-state index is 3.39. The average molecular weight is 202 g/mol. The molecule has 1 aliphatic rings. The standard InChI is InChI=1S/C13H18N2/c1-14-9-4-5-11-8-10-15-13-7-3-2-6-12(11)13/h2-3,6-8,14-15H,4-5,9-10H2,1H3. The first-order valence-corrected chi connectivity index (χ1v) is 5.58. The minimum atomic E-state index is 0.964. The fourth-order valence-corrected chi connectivity index (χ4v) is 2.00. The molecule has 2 N–H and O–H groups in total. The van der Waals surface area contributed by atoms with Crippen LogP contribution in [-0.4, -0.2) is 20.1 Å². The van der Waals surface area contributed by atoms with Gasteiger partial charge < -0.3 is 10.6 Å². The molecule has 0 aliphatic carbocycles. The number of rotatable bonds is 4. The molecule has 80 valence electrons. The van der Waals surface area contributed by atoms with E-state index in [2.05, 4.69) is 41.0 Å². The Morgan fingerprint density at radius 2 is 2.20 bits per heavy atom. The van der Waals surface area contributed by atoms with Crippen molar-refractivity contribution >= 4 is 11.3 Å². The van der Waals surface area contributed by atoms with E-state index in [9.17, 15) is 0 Å². The van der Waals surface area contributed by atoms with Crippen molar-refractivity contribution in [2.75, 3.05) is 25.5 Å². The Labute approximate surface area is 91.4 Å². The summed E-state index contributed by atoms with van der Waals surface area (Å²) in [4.78, 5) is 0. The average Bonchev–Trinajstić information content (AvgIpc) is 2.30. The van der Waals surface area contributed by atoms with Crippen LogP contribution in [0.4, 0.5) is 5.69 Å². The zero-order chi connectivity index (χ0) is 10.5. The molecule has 0 saturated carbocycles. The molecule has 15 heavy (non-hydrogen) atoms. The molecule has 1 aromatic carbocycles. The molecule has 0 fully saturated rings. The number of fused-ring (bicyclic) bond motifs is 1. The van der Waals surface area contributed by atoms with Crippen LogP contribution in [0.25, 0.3) is 5.57 Å². The van der Waals surface area contributed by atoms with Crippen molar-refractivity contribution in [3.05, 3.63) is 35.9 Å². The summed E-state index contributed by atoms with van der Waals surface area (Å²) in [6.07, 6.45) is 4.67. The first-order chi connectivity index (χ1) is 7.42. The Morgan fingerprint density at radius 3 is 3.07 bits per heavy atom. The van der Waals surface area contributed by atoms with Gasteiger partial charge >= 0.3 is 0 Å². The lowest BCUT2D eigenvalue weighted by Gasteiger charge is -2.19. The first-order valence-electron chi connectivity index (χ1n) is 5.58. The maximum Gasteiger partial charge on any atom is 0.0418 e. The predicted octanol–water partition coefficient (Wildman–Crippen LogP) is 2.50. The molecule has 0 amide bonds. The Balaban J connectivity index is 2.09. The number of para-hydroxylation sites is 1. The van der Waals surface area contributed by atoms with Gasteiger partial charge in [-0.25, -0.2) is 0 Å². The second-order valence-corrected chi connectivity index (χ2v) is 3.86. The van der Waals surface area contributed by atoms with E-state index in [1.165, 1.54) is 29.7 Å². The molecule has 1 aromatic rings. The number of hydrogen-bond acceptors (Lipinski definition) is 2. The van der Waals surface area contributed by atoms with Gasteiger partial charge in [-0.1, -0.05) is 24.3 Å². The monoisotopic (exact) mass is 202 g/mol. The van der Waals surface area contributed by atoms with Gasteiger partial charge in [0, 0.05) is 17.8 Å². The Hall–Kier alpha value is -1.28. The quantitative estimate of drug-likeness (QED) is 0.733. The smallest absolute Gasteiger partial charge is 0.0418 e. The van der Waals surface area contributed by atoms with E-state index in [1.54, 1.807) is 0 Å². The van der Waals surface area contributed by atoms with Gasteiger partial charge in [0.2, 0.25) is 0 Å². The van der Waals surface area contributed by atoms with Crippen LogP contribution in [0.1, 0.15) is 18.4 Å². The highest BCUT2D eigenvalue weighted by Crippen LogP contribution is 2.29. The van der Waals surface area contributed by atoms with E-state index in [4.69, 9.17) is 0 Å². The largest absolute Gasteiger partial charge is 0.381 e. The van der Waals surface area contributed by atoms with Gasteiger partial charge in [-0.15, -0.1) is 0 Å². The molecule has 0 unspecified atom stereocenters. The summed E-state index contributed by atoms with van der Waals surface area (Å²) >= 11 is 0. The summed E-state index contributed by atoms with van der Waals surface area (Å²) in [5.41, 5.74) is 4.14. The third-order valence-corrected chi connectivity index (χ3v) is 2.79. The molecule has 2 nitrogen and oxygen atoms in total. The normalized spacial score (nSPS) is 14.1. The van der Waals surface area contributed by atoms with Crippen LogP contribution in [0.15, 0.2) is 30.3 Å². The molecule has 0 bridgehead atoms. The van der Waals surface area contributed by atoms with Crippen LogP contribution in [0, 0.1) is 0 Å². The first kappa shape index (κ1) is 10.2. The Kier molecular flexibility index (Phi) is 3.41. The Bertz CT molecular complexity index is 355. The van der Waals surface area contributed by atoms with E-state index >= 15 is 0 Å². The molecule has 0 saturated heterocycles. The van der Waals surface area contributed by atoms with Gasteiger partial charge in [0.15, 0.2) is 0 Å². The zero-order valence-corrected chi connectivity index (χ0v) is 9.22. The number of anilines is 1. The molecule has 1 heterocycles. The molecule has 0 atom stereocenters. The predicted molar refractivity (Wildman–Crippen MR) is 66.1 cm³/mol. The fourth-order valence-electron chi connectivity index (χ4n) is 2.00. The van der Waals surface area contributed by atoms with Crippen molar-refractivity contribution < 1.29 is 0 Å². The van der Waals surface area contributed by atoms with Crippen molar-refractivity contribution in [1.82, 2.24) is 5.32 Å². The topological polar surface area (TPSA) is 24.1 Å². The summed E-state index contributed by atoms with van der Waals surface area (Å²) in [7, 11) is 2.00. The number of benzene rings is 1. The minimum absolute atomic E-state index is 0.964. The van der Waals surface area contributed by atoms with Crippen molar-refractivity contribution in [1.29, 1.82) is 0 Å². The van der Waals surface area contributed by atoms with Crippen LogP contribution in [-0.2, 0) is 0 Å². The van der Waals surface area contributed by atoms with E-state index in [0.717, 1.165) is 13.1 Å². The van der Waals surface area contributed by atoms with Crippen molar-refractivity contribution in [2.24, 2.45) is 0 Å². The van der Waals surface area contributed by atoms with Gasteiger partial charge in [0.25, 0.3) is 0 Å². The van der Waals surface area contributed by atoms with E-state index in [1.807, 2.05) is 7.05 Å². The molecule has 1 aliphatic heterocycles. The summed E-state index contributed by atoms with van der Waals surface area (Å²) in [6, 6.07) is 8.55. The van der Waals surface area contributed by atoms with E-state index in [-0.39, 0.29) is 0 Å². The lowest BCUT2D eigenvalue weighted by atomic mass is 9.96. The van der Waals surface area contributed by atoms with E-state index < -0.39 is 0 Å². The van der Waals surface area contributed by atoms with Crippen molar-refractivity contribution in [3.8, 4) is 0 Å². The van der Waals surface area contributed by atoms with Crippen LogP contribution in [0.2, 0.25) is 0 Å². The Morgan fingerprint density at radius 1 is 1.33 bits per heavy atom. The van der Waals surface area contributed by atoms with Gasteiger partial charge in [0.1, 0.15) is 0 Å². The van der Waals surface area contributed by atoms with Crippen LogP contribution < -0.4 is 10.6 Å². The van der Waals surface area contributed by atoms with Crippen molar-refractivity contribution in [3.63, 3.8) is 0 Å². The lowest BCUT2D eigenvalue weighted by Crippen LogP contribution is -2.10. The molecule has 0 aromatic heterocycles. The number of nitrogens with one attached hydrogen (secondary N) is 2. The highest BCUT2D eigenvalue weighted by Gasteiger charge is 2.10. The van der Waals surface area contributed by atoms with Crippen LogP contribution in [0.3, 0.4) is 0 Å². The summed E-state index contributed by atoms with van der Waals surface area (Å²) < 4.78 is 0. The maximum atomic E-state index is 3.39. The third kappa shape index (κ3) is 2.39. The SMILES string of the molecule is CNCCCC1=CCNc2ccccc21.